The summed E-state index contributed by atoms with van der Waals surface area (Å²) in [6.07, 6.45) is -0.662. The van der Waals surface area contributed by atoms with Crippen molar-refractivity contribution in [3.63, 3.8) is 0 Å². The summed E-state index contributed by atoms with van der Waals surface area (Å²) < 4.78 is 0. The lowest BCUT2D eigenvalue weighted by molar-refractivity contribution is 0.130. The molecule has 0 saturated carbocycles. The van der Waals surface area contributed by atoms with Crippen LogP contribution in [-0.4, -0.2) is 21.4 Å². The average Bonchev–Trinajstić information content (AvgIpc) is 2.47. The SMILES string of the molecule is CC(NC(C)C(O)c1ccc(O)cc1)c1ccc(O)cc1.Cl. The average molecular weight is 324 g/mol. The number of aliphatic hydroxyl groups excluding tert-OH is 1. The summed E-state index contributed by atoms with van der Waals surface area (Å²) in [7, 11) is 0. The number of aromatic hydroxyl groups is 2. The molecule has 2 aromatic carbocycles. The van der Waals surface area contributed by atoms with Gasteiger partial charge in [0.15, 0.2) is 0 Å². The van der Waals surface area contributed by atoms with Crippen LogP contribution in [0.25, 0.3) is 0 Å². The van der Waals surface area contributed by atoms with Crippen LogP contribution < -0.4 is 5.32 Å². The fourth-order valence-electron chi connectivity index (χ4n) is 2.30. The second-order valence-electron chi connectivity index (χ2n) is 5.30. The first-order chi connectivity index (χ1) is 9.97. The standard InChI is InChI=1S/C17H21NO3.ClH/c1-11(13-3-7-15(19)8-4-13)18-12(2)17(21)14-5-9-16(20)10-6-14;/h3-12,17-21H,1-2H3;1H. The third kappa shape index (κ3) is 4.63. The van der Waals surface area contributed by atoms with Crippen molar-refractivity contribution in [1.82, 2.24) is 5.32 Å². The molecule has 4 nitrogen and oxygen atoms in total. The van der Waals surface area contributed by atoms with Gasteiger partial charge >= 0.3 is 0 Å². The van der Waals surface area contributed by atoms with Crippen molar-refractivity contribution in [3.05, 3.63) is 59.7 Å². The predicted molar refractivity (Wildman–Crippen MR) is 89.4 cm³/mol. The van der Waals surface area contributed by atoms with E-state index in [0.29, 0.717) is 0 Å². The maximum Gasteiger partial charge on any atom is 0.115 e. The molecule has 120 valence electrons. The van der Waals surface area contributed by atoms with E-state index in [1.165, 1.54) is 0 Å². The Morgan fingerprint density at radius 2 is 1.18 bits per heavy atom. The van der Waals surface area contributed by atoms with E-state index in [9.17, 15) is 15.3 Å². The van der Waals surface area contributed by atoms with Gasteiger partial charge in [-0.3, -0.25) is 0 Å². The molecular formula is C17H22ClNO3. The van der Waals surface area contributed by atoms with Crippen LogP contribution in [0.5, 0.6) is 11.5 Å². The van der Waals surface area contributed by atoms with Gasteiger partial charge in [-0.25, -0.2) is 0 Å². The molecule has 0 aromatic heterocycles. The number of halogens is 1. The zero-order valence-electron chi connectivity index (χ0n) is 12.6. The van der Waals surface area contributed by atoms with Crippen molar-refractivity contribution < 1.29 is 15.3 Å². The number of aliphatic hydroxyl groups is 1. The third-order valence-electron chi connectivity index (χ3n) is 3.61. The third-order valence-corrected chi connectivity index (χ3v) is 3.61. The van der Waals surface area contributed by atoms with Crippen molar-refractivity contribution >= 4 is 12.4 Å². The van der Waals surface area contributed by atoms with Crippen LogP contribution in [0.4, 0.5) is 0 Å². The van der Waals surface area contributed by atoms with Crippen molar-refractivity contribution in [2.24, 2.45) is 0 Å². The molecule has 0 saturated heterocycles. The molecule has 22 heavy (non-hydrogen) atoms. The summed E-state index contributed by atoms with van der Waals surface area (Å²) in [5.74, 6) is 0.423. The molecule has 0 aliphatic carbocycles. The van der Waals surface area contributed by atoms with Gasteiger partial charge in [0.25, 0.3) is 0 Å². The zero-order valence-corrected chi connectivity index (χ0v) is 13.4. The largest absolute Gasteiger partial charge is 0.508 e. The lowest BCUT2D eigenvalue weighted by Crippen LogP contribution is -2.34. The van der Waals surface area contributed by atoms with E-state index in [-0.39, 0.29) is 36.0 Å². The van der Waals surface area contributed by atoms with Gasteiger partial charge in [0.05, 0.1) is 6.10 Å². The molecule has 0 aliphatic rings. The van der Waals surface area contributed by atoms with Gasteiger partial charge in [-0.2, -0.15) is 0 Å². The molecule has 0 heterocycles. The minimum atomic E-state index is -0.662. The van der Waals surface area contributed by atoms with Crippen LogP contribution in [0.15, 0.2) is 48.5 Å². The first-order valence-electron chi connectivity index (χ1n) is 6.99. The van der Waals surface area contributed by atoms with E-state index in [1.54, 1.807) is 36.4 Å². The van der Waals surface area contributed by atoms with Gasteiger partial charge in [0.2, 0.25) is 0 Å². The molecule has 3 unspecified atom stereocenters. The number of benzene rings is 2. The number of nitrogens with one attached hydrogen (secondary N) is 1. The summed E-state index contributed by atoms with van der Waals surface area (Å²) in [5, 5.41) is 32.2. The Morgan fingerprint density at radius 3 is 1.64 bits per heavy atom. The van der Waals surface area contributed by atoms with Crippen LogP contribution in [0, 0.1) is 0 Å². The van der Waals surface area contributed by atoms with E-state index in [2.05, 4.69) is 5.32 Å². The minimum Gasteiger partial charge on any atom is -0.508 e. The fourth-order valence-corrected chi connectivity index (χ4v) is 2.30. The number of rotatable bonds is 5. The quantitative estimate of drug-likeness (QED) is 0.681. The molecule has 0 aliphatic heterocycles. The van der Waals surface area contributed by atoms with E-state index >= 15 is 0 Å². The van der Waals surface area contributed by atoms with Crippen molar-refractivity contribution in [3.8, 4) is 11.5 Å². The highest BCUT2D eigenvalue weighted by atomic mass is 35.5. The molecule has 0 spiro atoms. The Morgan fingerprint density at radius 1 is 0.773 bits per heavy atom. The van der Waals surface area contributed by atoms with Gasteiger partial charge in [0.1, 0.15) is 11.5 Å². The van der Waals surface area contributed by atoms with Crippen LogP contribution in [0.2, 0.25) is 0 Å². The molecule has 0 fully saturated rings. The first kappa shape index (κ1) is 18.3. The second kappa shape index (κ2) is 8.03. The molecule has 5 heteroatoms. The van der Waals surface area contributed by atoms with Gasteiger partial charge in [-0.15, -0.1) is 12.4 Å². The van der Waals surface area contributed by atoms with Crippen LogP contribution in [0.3, 0.4) is 0 Å². The maximum absolute atomic E-state index is 10.3. The lowest BCUT2D eigenvalue weighted by Gasteiger charge is -2.25. The molecule has 3 atom stereocenters. The smallest absolute Gasteiger partial charge is 0.115 e. The first-order valence-corrected chi connectivity index (χ1v) is 6.99. The Labute approximate surface area is 136 Å². The number of hydrogen-bond acceptors (Lipinski definition) is 4. The highest BCUT2D eigenvalue weighted by Crippen LogP contribution is 2.22. The summed E-state index contributed by atoms with van der Waals surface area (Å²) in [5.41, 5.74) is 1.79. The molecule has 0 radical (unpaired) electrons. The normalized spacial score (nSPS) is 14.7. The van der Waals surface area contributed by atoms with Gasteiger partial charge < -0.3 is 20.6 Å². The van der Waals surface area contributed by atoms with Gasteiger partial charge in [-0.05, 0) is 49.2 Å². The molecule has 4 N–H and O–H groups in total. The van der Waals surface area contributed by atoms with Crippen molar-refractivity contribution in [1.29, 1.82) is 0 Å². The van der Waals surface area contributed by atoms with Crippen LogP contribution in [0.1, 0.15) is 37.1 Å². The van der Waals surface area contributed by atoms with Crippen LogP contribution >= 0.6 is 12.4 Å². The van der Waals surface area contributed by atoms with E-state index in [0.717, 1.165) is 11.1 Å². The van der Waals surface area contributed by atoms with E-state index < -0.39 is 6.10 Å². The van der Waals surface area contributed by atoms with Gasteiger partial charge in [-0.1, -0.05) is 24.3 Å². The predicted octanol–water partition coefficient (Wildman–Crippen LogP) is 3.29. The molecule has 2 rings (SSSR count). The van der Waals surface area contributed by atoms with Crippen molar-refractivity contribution in [2.45, 2.75) is 32.0 Å². The Kier molecular flexibility index (Phi) is 6.68. The van der Waals surface area contributed by atoms with Crippen LogP contribution in [-0.2, 0) is 0 Å². The fraction of sp³-hybridized carbons (Fsp3) is 0.294. The molecule has 0 bridgehead atoms. The lowest BCUT2D eigenvalue weighted by atomic mass is 10.0. The molecule has 0 amide bonds. The van der Waals surface area contributed by atoms with Crippen molar-refractivity contribution in [2.75, 3.05) is 0 Å². The summed E-state index contributed by atoms with van der Waals surface area (Å²) in [6.45, 7) is 3.92. The zero-order chi connectivity index (χ0) is 15.4. The highest BCUT2D eigenvalue weighted by molar-refractivity contribution is 5.85. The molecule has 2 aromatic rings. The Hall–Kier alpha value is -1.75. The summed E-state index contributed by atoms with van der Waals surface area (Å²) >= 11 is 0. The Balaban J connectivity index is 0.00000242. The summed E-state index contributed by atoms with van der Waals surface area (Å²) in [6, 6.07) is 13.4. The number of phenolic OH excluding ortho intramolecular Hbond substituents is 2. The topological polar surface area (TPSA) is 72.7 Å². The van der Waals surface area contributed by atoms with Gasteiger partial charge in [0, 0.05) is 12.1 Å². The highest BCUT2D eigenvalue weighted by Gasteiger charge is 2.18. The number of hydrogen-bond donors (Lipinski definition) is 4. The van der Waals surface area contributed by atoms with E-state index in [1.807, 2.05) is 26.0 Å². The second-order valence-corrected chi connectivity index (χ2v) is 5.30. The minimum absolute atomic E-state index is 0. The molecular weight excluding hydrogens is 302 g/mol. The number of phenols is 2. The Bertz CT molecular complexity index is 571. The maximum atomic E-state index is 10.3. The van der Waals surface area contributed by atoms with E-state index in [4.69, 9.17) is 0 Å². The summed E-state index contributed by atoms with van der Waals surface area (Å²) in [4.78, 5) is 0. The monoisotopic (exact) mass is 323 g/mol.